The highest BCUT2D eigenvalue weighted by Crippen LogP contribution is 2.13. The van der Waals surface area contributed by atoms with E-state index in [-0.39, 0.29) is 43.1 Å². The number of hydrogen-bond acceptors (Lipinski definition) is 1. The summed E-state index contributed by atoms with van der Waals surface area (Å²) in [5.41, 5.74) is 9.45. The summed E-state index contributed by atoms with van der Waals surface area (Å²) in [5, 5.41) is 3.09. The monoisotopic (exact) mass is 652 g/mol. The topological polar surface area (TPSA) is 56.7 Å². The maximum atomic E-state index is 12.3. The van der Waals surface area contributed by atoms with Crippen LogP contribution in [0.5, 0.6) is 0 Å². The molecule has 0 spiro atoms. The number of allylic oxidation sites excluding steroid dienone is 7. The van der Waals surface area contributed by atoms with Gasteiger partial charge >= 0.3 is 0 Å². The van der Waals surface area contributed by atoms with Gasteiger partial charge in [-0.15, -0.1) is 0 Å². The highest BCUT2D eigenvalue weighted by atomic mass is 35.5. The van der Waals surface area contributed by atoms with Crippen LogP contribution in [0.2, 0.25) is 0 Å². The SMILES string of the molecule is CC(C)=CCC/C(C)=C/CC/C(C)=C/CC/C(C)=C\C(=O)NCCC[N+](C)(C)CCCC[N+](C)(C)CCC[NH3+].[Cl-].[Cl-].[Cl-]. The van der Waals surface area contributed by atoms with Crippen molar-refractivity contribution in [2.45, 2.75) is 98.8 Å². The molecule has 0 aliphatic heterocycles. The standard InChI is InChI=1S/C34H65N4O.3ClH/c1-30(2)17-12-18-31(3)19-13-20-32(4)21-14-22-33(5)29-34(39)36-24-16-28-38(8,9)26-11-10-25-37(6,7)27-15-23-35;;;/h17,19,21,29H,10-16,18,20,22-28,35H2,1-9H3;3*1H/q+1;;;/p-1/b31-19+,32-21+,33-29-;;;. The lowest BCUT2D eigenvalue weighted by molar-refractivity contribution is -0.897. The van der Waals surface area contributed by atoms with Crippen molar-refractivity contribution in [3.63, 3.8) is 0 Å². The summed E-state index contributed by atoms with van der Waals surface area (Å²) >= 11 is 0. The Labute approximate surface area is 279 Å². The molecule has 8 heteroatoms. The van der Waals surface area contributed by atoms with Crippen LogP contribution in [0.4, 0.5) is 0 Å². The van der Waals surface area contributed by atoms with Crippen molar-refractivity contribution in [1.82, 2.24) is 5.32 Å². The molecule has 0 aromatic carbocycles. The lowest BCUT2D eigenvalue weighted by Crippen LogP contribution is -3.00. The van der Waals surface area contributed by atoms with Gasteiger partial charge in [-0.1, -0.05) is 40.5 Å². The van der Waals surface area contributed by atoms with Crippen molar-refractivity contribution in [3.8, 4) is 0 Å². The van der Waals surface area contributed by atoms with Crippen molar-refractivity contribution in [3.05, 3.63) is 46.6 Å². The number of nitrogens with one attached hydrogen (secondary N) is 1. The third-order valence-corrected chi connectivity index (χ3v) is 7.56. The lowest BCUT2D eigenvalue weighted by Gasteiger charge is -2.32. The van der Waals surface area contributed by atoms with Gasteiger partial charge in [0.25, 0.3) is 0 Å². The van der Waals surface area contributed by atoms with Crippen LogP contribution in [0, 0.1) is 0 Å². The molecule has 0 bridgehead atoms. The van der Waals surface area contributed by atoms with Crippen LogP contribution in [0.1, 0.15) is 98.8 Å². The Hall–Kier alpha value is -0.820. The van der Waals surface area contributed by atoms with Crippen molar-refractivity contribution in [2.75, 3.05) is 67.5 Å². The number of halogens is 3. The minimum Gasteiger partial charge on any atom is -1.00 e. The van der Waals surface area contributed by atoms with Crippen molar-refractivity contribution in [2.24, 2.45) is 0 Å². The quantitative estimate of drug-likeness (QED) is 0.0565. The molecular weight excluding hydrogens is 587 g/mol. The number of rotatable bonds is 22. The summed E-state index contributed by atoms with van der Waals surface area (Å²) in [4.78, 5) is 12.3. The zero-order chi connectivity index (χ0) is 29.7. The highest BCUT2D eigenvalue weighted by molar-refractivity contribution is 5.88. The molecule has 0 heterocycles. The zero-order valence-electron chi connectivity index (χ0n) is 28.8. The van der Waals surface area contributed by atoms with Crippen LogP contribution >= 0.6 is 0 Å². The summed E-state index contributed by atoms with van der Waals surface area (Å²) in [6, 6.07) is 0. The number of unbranched alkanes of at least 4 members (excludes halogenated alkanes) is 1. The fourth-order valence-corrected chi connectivity index (χ4v) is 4.79. The molecule has 0 aromatic rings. The summed E-state index contributed by atoms with van der Waals surface area (Å²) in [6.07, 6.45) is 20.1. The molecule has 0 radical (unpaired) electrons. The average molecular weight is 654 g/mol. The Morgan fingerprint density at radius 3 is 1.48 bits per heavy atom. The minimum absolute atomic E-state index is 0. The molecule has 42 heavy (non-hydrogen) atoms. The molecule has 0 rings (SSSR count). The van der Waals surface area contributed by atoms with Crippen LogP contribution in [0.3, 0.4) is 0 Å². The first kappa shape index (κ1) is 48.1. The maximum Gasteiger partial charge on any atom is 0.243 e. The fourth-order valence-electron chi connectivity index (χ4n) is 4.79. The Morgan fingerprint density at radius 1 is 0.619 bits per heavy atom. The normalized spacial score (nSPS) is 12.6. The van der Waals surface area contributed by atoms with Gasteiger partial charge in [0.2, 0.25) is 5.91 Å². The summed E-state index contributed by atoms with van der Waals surface area (Å²) < 4.78 is 2.13. The molecule has 0 aliphatic rings. The van der Waals surface area contributed by atoms with E-state index in [0.717, 1.165) is 79.1 Å². The predicted molar refractivity (Wildman–Crippen MR) is 171 cm³/mol. The van der Waals surface area contributed by atoms with Crippen molar-refractivity contribution >= 4 is 5.91 Å². The van der Waals surface area contributed by atoms with Gasteiger partial charge in [0.05, 0.1) is 60.9 Å². The van der Waals surface area contributed by atoms with Gasteiger partial charge in [0.1, 0.15) is 0 Å². The van der Waals surface area contributed by atoms with Gasteiger partial charge in [0, 0.05) is 38.3 Å². The number of amides is 1. The van der Waals surface area contributed by atoms with Gasteiger partial charge in [-0.25, -0.2) is 0 Å². The number of carbonyl (C=O) groups excluding carboxylic acids is 1. The lowest BCUT2D eigenvalue weighted by atomic mass is 10.0. The van der Waals surface area contributed by atoms with Crippen LogP contribution in [-0.4, -0.2) is 82.3 Å². The van der Waals surface area contributed by atoms with Crippen molar-refractivity contribution in [1.29, 1.82) is 0 Å². The molecule has 4 N–H and O–H groups in total. The number of hydrogen-bond donors (Lipinski definition) is 2. The second-order valence-corrected chi connectivity index (χ2v) is 13.3. The molecule has 250 valence electrons. The molecule has 0 unspecified atom stereocenters. The van der Waals surface area contributed by atoms with E-state index in [2.05, 4.69) is 92.1 Å². The van der Waals surface area contributed by atoms with Crippen LogP contribution in [0.15, 0.2) is 46.6 Å². The van der Waals surface area contributed by atoms with Gasteiger partial charge in [-0.2, -0.15) is 0 Å². The Kier molecular flexibility index (Phi) is 31.7. The Balaban J connectivity index is -0.00000241. The second-order valence-electron chi connectivity index (χ2n) is 13.3. The van der Waals surface area contributed by atoms with Crippen LogP contribution in [-0.2, 0) is 4.79 Å². The molecule has 0 aromatic heterocycles. The largest absolute Gasteiger partial charge is 1.00 e. The second kappa shape index (κ2) is 27.7. The number of carbonyl (C=O) groups is 1. The average Bonchev–Trinajstić information content (AvgIpc) is 2.83. The first-order valence-corrected chi connectivity index (χ1v) is 15.6. The van der Waals surface area contributed by atoms with E-state index < -0.39 is 0 Å². The summed E-state index contributed by atoms with van der Waals surface area (Å²) in [5.74, 6) is 0.0505. The van der Waals surface area contributed by atoms with Gasteiger partial charge in [0.15, 0.2) is 0 Å². The van der Waals surface area contributed by atoms with E-state index >= 15 is 0 Å². The van der Waals surface area contributed by atoms with Crippen molar-refractivity contribution < 1.29 is 56.7 Å². The third-order valence-electron chi connectivity index (χ3n) is 7.56. The zero-order valence-corrected chi connectivity index (χ0v) is 31.0. The first-order chi connectivity index (χ1) is 18.3. The molecular formula is C34H67Cl3N4O. The van der Waals surface area contributed by atoms with Gasteiger partial charge in [-0.05, 0) is 73.1 Å². The first-order valence-electron chi connectivity index (χ1n) is 15.6. The predicted octanol–water partition coefficient (Wildman–Crippen LogP) is -2.78. The van der Waals surface area contributed by atoms with E-state index in [1.54, 1.807) is 6.08 Å². The van der Waals surface area contributed by atoms with E-state index in [9.17, 15) is 4.79 Å². The van der Waals surface area contributed by atoms with E-state index in [4.69, 9.17) is 0 Å². The molecule has 5 nitrogen and oxygen atoms in total. The highest BCUT2D eigenvalue weighted by Gasteiger charge is 2.17. The van der Waals surface area contributed by atoms with E-state index in [1.165, 1.54) is 55.6 Å². The molecule has 0 saturated heterocycles. The maximum absolute atomic E-state index is 12.3. The third kappa shape index (κ3) is 30.6. The van der Waals surface area contributed by atoms with Crippen LogP contribution < -0.4 is 48.3 Å². The molecule has 0 fully saturated rings. The fraction of sp³-hybridized carbons (Fsp3) is 0.735. The summed E-state index contributed by atoms with van der Waals surface area (Å²) in [6.45, 7) is 17.4. The molecule has 0 aliphatic carbocycles. The Bertz CT molecular complexity index is 814. The van der Waals surface area contributed by atoms with Gasteiger partial charge in [-0.3, -0.25) is 4.79 Å². The number of quaternary nitrogens is 3. The molecule has 0 saturated carbocycles. The molecule has 0 atom stereocenters. The number of nitrogens with zero attached hydrogens (tertiary/aromatic N) is 2. The van der Waals surface area contributed by atoms with E-state index in [0.29, 0.717) is 0 Å². The van der Waals surface area contributed by atoms with E-state index in [1.807, 2.05) is 0 Å². The summed E-state index contributed by atoms with van der Waals surface area (Å²) in [7, 11) is 9.30. The minimum atomic E-state index is 0. The van der Waals surface area contributed by atoms with Gasteiger partial charge < -0.3 is 57.2 Å². The Morgan fingerprint density at radius 2 is 1.02 bits per heavy atom. The smallest absolute Gasteiger partial charge is 0.243 e. The van der Waals surface area contributed by atoms with Crippen LogP contribution in [0.25, 0.3) is 0 Å². The molecule has 1 amide bonds.